The van der Waals surface area contributed by atoms with Gasteiger partial charge in [-0.1, -0.05) is 35.9 Å². The van der Waals surface area contributed by atoms with E-state index in [0.717, 1.165) is 5.56 Å². The third-order valence-corrected chi connectivity index (χ3v) is 5.19. The highest BCUT2D eigenvalue weighted by Gasteiger charge is 2.15. The average molecular weight is 354 g/mol. The minimum Gasteiger partial charge on any atom is -0.384 e. The standard InChI is InChI=1S/C15H14O6S2/c1-13-7-9-15(10-8-13)23(18,19)21-12-11-20-22(16,17)14-5-3-2-4-6-14/h2-12H,1H3. The van der Waals surface area contributed by atoms with Crippen molar-refractivity contribution in [3.05, 3.63) is 72.7 Å². The van der Waals surface area contributed by atoms with E-state index < -0.39 is 20.2 Å². The van der Waals surface area contributed by atoms with Crippen LogP contribution in [0.1, 0.15) is 5.56 Å². The Morgan fingerprint density at radius 2 is 1.13 bits per heavy atom. The Labute approximate surface area is 135 Å². The highest BCUT2D eigenvalue weighted by Crippen LogP contribution is 2.15. The molecule has 0 unspecified atom stereocenters. The smallest absolute Gasteiger partial charge is 0.338 e. The van der Waals surface area contributed by atoms with Crippen LogP contribution in [0.5, 0.6) is 0 Å². The Morgan fingerprint density at radius 3 is 1.61 bits per heavy atom. The van der Waals surface area contributed by atoms with Crippen molar-refractivity contribution in [1.29, 1.82) is 0 Å². The van der Waals surface area contributed by atoms with Crippen LogP contribution in [0, 0.1) is 6.92 Å². The molecule has 0 amide bonds. The van der Waals surface area contributed by atoms with Crippen molar-refractivity contribution in [3.63, 3.8) is 0 Å². The molecular weight excluding hydrogens is 340 g/mol. The zero-order valence-corrected chi connectivity index (χ0v) is 13.7. The van der Waals surface area contributed by atoms with Gasteiger partial charge in [0.1, 0.15) is 22.3 Å². The monoisotopic (exact) mass is 354 g/mol. The Balaban J connectivity index is 2.03. The van der Waals surface area contributed by atoms with Crippen LogP contribution < -0.4 is 0 Å². The zero-order valence-electron chi connectivity index (χ0n) is 12.1. The normalized spacial score (nSPS) is 12.2. The van der Waals surface area contributed by atoms with E-state index in [9.17, 15) is 16.8 Å². The minimum atomic E-state index is -4.02. The molecule has 0 spiro atoms. The van der Waals surface area contributed by atoms with E-state index in [1.807, 2.05) is 6.92 Å². The molecule has 2 aromatic carbocycles. The minimum absolute atomic E-state index is 0.0429. The van der Waals surface area contributed by atoms with Gasteiger partial charge in [-0.3, -0.25) is 0 Å². The van der Waals surface area contributed by atoms with Crippen molar-refractivity contribution in [3.8, 4) is 0 Å². The number of aryl methyl sites for hydroxylation is 1. The molecule has 0 saturated heterocycles. The van der Waals surface area contributed by atoms with Crippen LogP contribution in [0.4, 0.5) is 0 Å². The zero-order chi connectivity index (χ0) is 16.9. The summed E-state index contributed by atoms with van der Waals surface area (Å²) in [5.41, 5.74) is 0.900. The van der Waals surface area contributed by atoms with Gasteiger partial charge in [0, 0.05) is 0 Å². The van der Waals surface area contributed by atoms with Gasteiger partial charge in [0.05, 0.1) is 0 Å². The van der Waals surface area contributed by atoms with Crippen LogP contribution in [0.2, 0.25) is 0 Å². The van der Waals surface area contributed by atoms with E-state index in [1.165, 1.54) is 36.4 Å². The molecular formula is C15H14O6S2. The molecule has 23 heavy (non-hydrogen) atoms. The SMILES string of the molecule is Cc1ccc(S(=O)(=O)OC=COS(=O)(=O)c2ccccc2)cc1. The number of hydrogen-bond donors (Lipinski definition) is 0. The second kappa shape index (κ2) is 6.84. The Bertz CT molecular complexity index is 883. The molecule has 8 heteroatoms. The quantitative estimate of drug-likeness (QED) is 0.585. The van der Waals surface area contributed by atoms with Gasteiger partial charge in [0.2, 0.25) is 0 Å². The maximum Gasteiger partial charge on any atom is 0.338 e. The fraction of sp³-hybridized carbons (Fsp3) is 0.0667. The van der Waals surface area contributed by atoms with Crippen LogP contribution in [0.15, 0.2) is 76.9 Å². The van der Waals surface area contributed by atoms with Gasteiger partial charge in [-0.15, -0.1) is 0 Å². The molecule has 0 heterocycles. The molecule has 0 N–H and O–H groups in total. The van der Waals surface area contributed by atoms with E-state index in [-0.39, 0.29) is 9.79 Å². The molecule has 0 radical (unpaired) electrons. The summed E-state index contributed by atoms with van der Waals surface area (Å²) in [4.78, 5) is -0.0929. The molecule has 6 nitrogen and oxygen atoms in total. The predicted octanol–water partition coefficient (Wildman–Crippen LogP) is 2.58. The van der Waals surface area contributed by atoms with Crippen LogP contribution in [-0.2, 0) is 28.6 Å². The third-order valence-electron chi connectivity index (χ3n) is 2.76. The second-order valence-corrected chi connectivity index (χ2v) is 7.64. The van der Waals surface area contributed by atoms with Crippen LogP contribution in [-0.4, -0.2) is 16.8 Å². The Morgan fingerprint density at radius 1 is 0.696 bits per heavy atom. The first-order valence-corrected chi connectivity index (χ1v) is 9.26. The molecule has 0 aliphatic rings. The van der Waals surface area contributed by atoms with Gasteiger partial charge in [0.15, 0.2) is 0 Å². The maximum atomic E-state index is 11.9. The Hall–Kier alpha value is -2.32. The summed E-state index contributed by atoms with van der Waals surface area (Å²) >= 11 is 0. The topological polar surface area (TPSA) is 86.7 Å². The van der Waals surface area contributed by atoms with Gasteiger partial charge >= 0.3 is 20.2 Å². The van der Waals surface area contributed by atoms with Gasteiger partial charge in [-0.05, 0) is 31.2 Å². The lowest BCUT2D eigenvalue weighted by Gasteiger charge is -2.04. The first kappa shape index (κ1) is 17.0. The van der Waals surface area contributed by atoms with Crippen LogP contribution >= 0.6 is 0 Å². The summed E-state index contributed by atoms with van der Waals surface area (Å²) in [7, 11) is -8.03. The second-order valence-electron chi connectivity index (χ2n) is 4.50. The highest BCUT2D eigenvalue weighted by atomic mass is 32.2. The van der Waals surface area contributed by atoms with Crippen LogP contribution in [0.25, 0.3) is 0 Å². The van der Waals surface area contributed by atoms with E-state index in [1.54, 1.807) is 18.2 Å². The first-order valence-electron chi connectivity index (χ1n) is 6.45. The van der Waals surface area contributed by atoms with Gasteiger partial charge in [-0.2, -0.15) is 16.8 Å². The summed E-state index contributed by atoms with van der Waals surface area (Å²) in [5, 5.41) is 0. The fourth-order valence-electron chi connectivity index (χ4n) is 1.59. The summed E-state index contributed by atoms with van der Waals surface area (Å²) in [6, 6.07) is 13.5. The predicted molar refractivity (Wildman–Crippen MR) is 83.3 cm³/mol. The van der Waals surface area contributed by atoms with E-state index >= 15 is 0 Å². The molecule has 0 aliphatic heterocycles. The molecule has 2 rings (SSSR count). The average Bonchev–Trinajstić information content (AvgIpc) is 2.53. The van der Waals surface area contributed by atoms with Crippen molar-refractivity contribution < 1.29 is 25.2 Å². The summed E-state index contributed by atoms with van der Waals surface area (Å²) in [6.07, 6.45) is 1.32. The summed E-state index contributed by atoms with van der Waals surface area (Å²) in [6.45, 7) is 1.82. The largest absolute Gasteiger partial charge is 0.384 e. The van der Waals surface area contributed by atoms with Crippen LogP contribution in [0.3, 0.4) is 0 Å². The Kier molecular flexibility index (Phi) is 5.07. The molecule has 0 bridgehead atoms. The summed E-state index contributed by atoms with van der Waals surface area (Å²) < 4.78 is 56.4. The first-order chi connectivity index (χ1) is 10.8. The van der Waals surface area contributed by atoms with Crippen molar-refractivity contribution >= 4 is 20.2 Å². The number of hydrogen-bond acceptors (Lipinski definition) is 6. The molecule has 2 aromatic rings. The molecule has 0 saturated carbocycles. The lowest BCUT2D eigenvalue weighted by molar-refractivity contribution is 0.402. The molecule has 0 aliphatic carbocycles. The third kappa shape index (κ3) is 4.57. The highest BCUT2D eigenvalue weighted by molar-refractivity contribution is 7.87. The van der Waals surface area contributed by atoms with Crippen molar-refractivity contribution in [2.24, 2.45) is 0 Å². The molecule has 0 fully saturated rings. The van der Waals surface area contributed by atoms with Gasteiger partial charge in [-0.25, -0.2) is 0 Å². The lowest BCUT2D eigenvalue weighted by atomic mass is 10.2. The lowest BCUT2D eigenvalue weighted by Crippen LogP contribution is -2.04. The fourth-order valence-corrected chi connectivity index (χ4v) is 3.16. The van der Waals surface area contributed by atoms with E-state index in [4.69, 9.17) is 0 Å². The van der Waals surface area contributed by atoms with Gasteiger partial charge in [0.25, 0.3) is 0 Å². The van der Waals surface area contributed by atoms with Crippen molar-refractivity contribution in [2.75, 3.05) is 0 Å². The van der Waals surface area contributed by atoms with Crippen molar-refractivity contribution in [1.82, 2.24) is 0 Å². The van der Waals surface area contributed by atoms with Crippen molar-refractivity contribution in [2.45, 2.75) is 16.7 Å². The molecule has 0 aromatic heterocycles. The van der Waals surface area contributed by atoms with E-state index in [2.05, 4.69) is 8.37 Å². The number of rotatable bonds is 6. The van der Waals surface area contributed by atoms with Gasteiger partial charge < -0.3 is 8.37 Å². The number of benzene rings is 2. The van der Waals surface area contributed by atoms with E-state index in [0.29, 0.717) is 12.5 Å². The molecule has 0 atom stereocenters. The maximum absolute atomic E-state index is 11.9. The summed E-state index contributed by atoms with van der Waals surface area (Å²) in [5.74, 6) is 0. The molecule has 122 valence electrons.